The standard InChI is InChI=1S/C9H7Br/c1-3-8-6-7(2)4-5-9(8)10/h1,4-6H,2H3. The molecule has 0 saturated carbocycles. The second-order valence-electron chi connectivity index (χ2n) is 2.13. The van der Waals surface area contributed by atoms with E-state index in [0.29, 0.717) is 0 Å². The van der Waals surface area contributed by atoms with Crippen LogP contribution in [0.4, 0.5) is 0 Å². The number of terminal acetylenes is 1. The smallest absolute Gasteiger partial charge is 0.0387 e. The van der Waals surface area contributed by atoms with E-state index in [0.717, 1.165) is 10.0 Å². The van der Waals surface area contributed by atoms with E-state index in [1.54, 1.807) is 0 Å². The molecular weight excluding hydrogens is 188 g/mol. The molecule has 10 heavy (non-hydrogen) atoms. The fourth-order valence-electron chi connectivity index (χ4n) is 0.750. The van der Waals surface area contributed by atoms with E-state index in [1.165, 1.54) is 5.56 Å². The topological polar surface area (TPSA) is 0 Å². The Labute approximate surface area is 69.4 Å². The Kier molecular flexibility index (Phi) is 2.13. The summed E-state index contributed by atoms with van der Waals surface area (Å²) in [7, 11) is 0. The largest absolute Gasteiger partial charge is 0.115 e. The summed E-state index contributed by atoms with van der Waals surface area (Å²) in [6.07, 6.45) is 5.24. The van der Waals surface area contributed by atoms with Crippen molar-refractivity contribution in [3.63, 3.8) is 0 Å². The second-order valence-corrected chi connectivity index (χ2v) is 2.98. The summed E-state index contributed by atoms with van der Waals surface area (Å²) < 4.78 is 0.987. The first-order valence-corrected chi connectivity index (χ1v) is 3.76. The Morgan fingerprint density at radius 1 is 1.50 bits per heavy atom. The van der Waals surface area contributed by atoms with Crippen LogP contribution in [0.2, 0.25) is 0 Å². The monoisotopic (exact) mass is 194 g/mol. The van der Waals surface area contributed by atoms with Crippen molar-refractivity contribution in [3.05, 3.63) is 33.8 Å². The third kappa shape index (κ3) is 1.40. The van der Waals surface area contributed by atoms with Gasteiger partial charge in [0, 0.05) is 10.0 Å². The minimum absolute atomic E-state index is 0.917. The van der Waals surface area contributed by atoms with Gasteiger partial charge in [0.25, 0.3) is 0 Å². The molecule has 0 aliphatic carbocycles. The van der Waals surface area contributed by atoms with Crippen LogP contribution in [-0.2, 0) is 0 Å². The quantitative estimate of drug-likeness (QED) is 0.558. The van der Waals surface area contributed by atoms with E-state index >= 15 is 0 Å². The Balaban J connectivity index is 3.25. The molecule has 0 bridgehead atoms. The van der Waals surface area contributed by atoms with Crippen LogP contribution in [0, 0.1) is 19.3 Å². The lowest BCUT2D eigenvalue weighted by molar-refractivity contribution is 1.44. The SMILES string of the molecule is C#Cc1cc(C)ccc1Br. The molecule has 0 spiro atoms. The molecule has 1 heteroatoms. The van der Waals surface area contributed by atoms with Gasteiger partial charge in [-0.2, -0.15) is 0 Å². The van der Waals surface area contributed by atoms with Gasteiger partial charge in [-0.15, -0.1) is 6.42 Å². The highest BCUT2D eigenvalue weighted by Crippen LogP contribution is 2.16. The summed E-state index contributed by atoms with van der Waals surface area (Å²) in [4.78, 5) is 0. The number of halogens is 1. The highest BCUT2D eigenvalue weighted by atomic mass is 79.9. The van der Waals surface area contributed by atoms with E-state index in [2.05, 4.69) is 21.9 Å². The molecule has 0 fully saturated rings. The van der Waals surface area contributed by atoms with Gasteiger partial charge >= 0.3 is 0 Å². The van der Waals surface area contributed by atoms with Gasteiger partial charge in [-0.25, -0.2) is 0 Å². The van der Waals surface area contributed by atoms with Crippen LogP contribution in [-0.4, -0.2) is 0 Å². The van der Waals surface area contributed by atoms with Crippen molar-refractivity contribution in [2.24, 2.45) is 0 Å². The van der Waals surface area contributed by atoms with Crippen molar-refractivity contribution < 1.29 is 0 Å². The number of aryl methyl sites for hydroxylation is 1. The van der Waals surface area contributed by atoms with Gasteiger partial charge in [0.05, 0.1) is 0 Å². The third-order valence-corrected chi connectivity index (χ3v) is 1.97. The molecule has 0 nitrogen and oxygen atoms in total. The summed E-state index contributed by atoms with van der Waals surface area (Å²) in [6, 6.07) is 5.96. The van der Waals surface area contributed by atoms with Gasteiger partial charge in [-0.05, 0) is 40.5 Å². The van der Waals surface area contributed by atoms with Crippen molar-refractivity contribution in [2.75, 3.05) is 0 Å². The van der Waals surface area contributed by atoms with Gasteiger partial charge in [-0.3, -0.25) is 0 Å². The molecule has 0 aliphatic rings. The maximum absolute atomic E-state index is 5.24. The van der Waals surface area contributed by atoms with Crippen molar-refractivity contribution in [1.29, 1.82) is 0 Å². The molecule has 0 aromatic heterocycles. The van der Waals surface area contributed by atoms with Crippen molar-refractivity contribution in [1.82, 2.24) is 0 Å². The number of hydrogen-bond donors (Lipinski definition) is 0. The Hall–Kier alpha value is -0.740. The van der Waals surface area contributed by atoms with Gasteiger partial charge < -0.3 is 0 Å². The molecule has 0 amide bonds. The average molecular weight is 195 g/mol. The molecule has 0 radical (unpaired) electrons. The second kappa shape index (κ2) is 2.90. The summed E-state index contributed by atoms with van der Waals surface area (Å²) in [5.74, 6) is 2.59. The third-order valence-electron chi connectivity index (χ3n) is 1.28. The van der Waals surface area contributed by atoms with Gasteiger partial charge in [0.1, 0.15) is 0 Å². The first-order chi connectivity index (χ1) is 4.74. The van der Waals surface area contributed by atoms with Gasteiger partial charge in [-0.1, -0.05) is 12.0 Å². The zero-order valence-electron chi connectivity index (χ0n) is 5.69. The maximum atomic E-state index is 5.24. The lowest BCUT2D eigenvalue weighted by Crippen LogP contribution is -1.78. The minimum atomic E-state index is 0.917. The molecule has 0 unspecified atom stereocenters. The molecule has 50 valence electrons. The first-order valence-electron chi connectivity index (χ1n) is 2.97. The Bertz CT molecular complexity index is 281. The molecule has 1 aromatic carbocycles. The zero-order valence-corrected chi connectivity index (χ0v) is 7.27. The van der Waals surface area contributed by atoms with Gasteiger partial charge in [0.2, 0.25) is 0 Å². The molecule has 0 saturated heterocycles. The fraction of sp³-hybridized carbons (Fsp3) is 0.111. The highest BCUT2D eigenvalue weighted by molar-refractivity contribution is 9.10. The van der Waals surface area contributed by atoms with Crippen LogP contribution in [0.1, 0.15) is 11.1 Å². The molecule has 1 aromatic rings. The van der Waals surface area contributed by atoms with E-state index in [9.17, 15) is 0 Å². The van der Waals surface area contributed by atoms with Crippen LogP contribution in [0.5, 0.6) is 0 Å². The van der Waals surface area contributed by atoms with E-state index < -0.39 is 0 Å². The van der Waals surface area contributed by atoms with Crippen LogP contribution >= 0.6 is 15.9 Å². The molecule has 0 aliphatic heterocycles. The molecular formula is C9H7Br. The Morgan fingerprint density at radius 3 is 2.70 bits per heavy atom. The molecule has 0 N–H and O–H groups in total. The number of benzene rings is 1. The van der Waals surface area contributed by atoms with E-state index in [1.807, 2.05) is 25.1 Å². The fourth-order valence-corrected chi connectivity index (χ4v) is 1.11. The van der Waals surface area contributed by atoms with Crippen LogP contribution < -0.4 is 0 Å². The number of rotatable bonds is 0. The van der Waals surface area contributed by atoms with Crippen molar-refractivity contribution >= 4 is 15.9 Å². The predicted octanol–water partition coefficient (Wildman–Crippen LogP) is 2.74. The number of hydrogen-bond acceptors (Lipinski definition) is 0. The first kappa shape index (κ1) is 7.37. The van der Waals surface area contributed by atoms with E-state index in [4.69, 9.17) is 6.42 Å². The zero-order chi connectivity index (χ0) is 7.56. The van der Waals surface area contributed by atoms with Crippen LogP contribution in [0.3, 0.4) is 0 Å². The highest BCUT2D eigenvalue weighted by Gasteiger charge is 1.93. The maximum Gasteiger partial charge on any atom is 0.0387 e. The lowest BCUT2D eigenvalue weighted by atomic mass is 10.1. The minimum Gasteiger partial charge on any atom is -0.115 e. The lowest BCUT2D eigenvalue weighted by Gasteiger charge is -1.96. The van der Waals surface area contributed by atoms with Crippen LogP contribution in [0.25, 0.3) is 0 Å². The summed E-state index contributed by atoms with van der Waals surface area (Å²) >= 11 is 3.35. The summed E-state index contributed by atoms with van der Waals surface area (Å²) in [5.41, 5.74) is 2.11. The predicted molar refractivity (Wildman–Crippen MR) is 46.8 cm³/mol. The molecule has 0 heterocycles. The molecule has 1 rings (SSSR count). The normalized spacial score (nSPS) is 8.90. The van der Waals surface area contributed by atoms with Crippen LogP contribution in [0.15, 0.2) is 22.7 Å². The average Bonchev–Trinajstić information content (AvgIpc) is 1.94. The van der Waals surface area contributed by atoms with Crippen molar-refractivity contribution in [2.45, 2.75) is 6.92 Å². The van der Waals surface area contributed by atoms with E-state index in [-0.39, 0.29) is 0 Å². The Morgan fingerprint density at radius 2 is 2.20 bits per heavy atom. The molecule has 0 atom stereocenters. The van der Waals surface area contributed by atoms with Crippen molar-refractivity contribution in [3.8, 4) is 12.3 Å². The summed E-state index contributed by atoms with van der Waals surface area (Å²) in [6.45, 7) is 2.02. The van der Waals surface area contributed by atoms with Gasteiger partial charge in [0.15, 0.2) is 0 Å². The summed E-state index contributed by atoms with van der Waals surface area (Å²) in [5, 5.41) is 0.